The molecule has 2 N–H and O–H groups in total. The highest BCUT2D eigenvalue weighted by molar-refractivity contribution is 7.80. The fourth-order valence-corrected chi connectivity index (χ4v) is 1.62. The number of hydrogen-bond acceptors (Lipinski definition) is 3. The van der Waals surface area contributed by atoms with Crippen molar-refractivity contribution in [3.63, 3.8) is 0 Å². The first kappa shape index (κ1) is 15.0. The van der Waals surface area contributed by atoms with Crippen LogP contribution in [0.4, 0.5) is 18.9 Å². The number of hydrazone groups is 1. The van der Waals surface area contributed by atoms with Crippen molar-refractivity contribution < 1.29 is 17.6 Å². The number of anilines is 1. The summed E-state index contributed by atoms with van der Waals surface area (Å²) in [6, 6.07) is 8.09. The van der Waals surface area contributed by atoms with Gasteiger partial charge in [-0.2, -0.15) is 18.3 Å². The molecule has 0 saturated heterocycles. The van der Waals surface area contributed by atoms with E-state index in [1.165, 1.54) is 24.6 Å². The second-order valence-corrected chi connectivity index (χ2v) is 4.33. The topological polar surface area (TPSA) is 49.6 Å². The van der Waals surface area contributed by atoms with Gasteiger partial charge in [0.1, 0.15) is 5.76 Å². The molecule has 0 amide bonds. The maximum Gasteiger partial charge on any atom is 0.416 e. The lowest BCUT2D eigenvalue weighted by Crippen LogP contribution is -2.24. The molecule has 0 unspecified atom stereocenters. The molecule has 0 fully saturated rings. The van der Waals surface area contributed by atoms with Crippen LogP contribution in [0.5, 0.6) is 0 Å². The van der Waals surface area contributed by atoms with Gasteiger partial charge < -0.3 is 9.73 Å². The number of hydrogen-bond donors (Lipinski definition) is 2. The van der Waals surface area contributed by atoms with Gasteiger partial charge in [-0.25, -0.2) is 0 Å². The predicted molar refractivity (Wildman–Crippen MR) is 77.1 cm³/mol. The maximum atomic E-state index is 12.6. The third-order valence-electron chi connectivity index (χ3n) is 2.35. The summed E-state index contributed by atoms with van der Waals surface area (Å²) in [5.41, 5.74) is 1.94. The largest absolute Gasteiger partial charge is 0.463 e. The zero-order chi connectivity index (χ0) is 15.3. The number of nitrogens with one attached hydrogen (secondary N) is 2. The quantitative estimate of drug-likeness (QED) is 0.516. The highest BCUT2D eigenvalue weighted by atomic mass is 32.1. The zero-order valence-electron chi connectivity index (χ0n) is 10.5. The molecule has 0 aliphatic carbocycles. The summed E-state index contributed by atoms with van der Waals surface area (Å²) in [4.78, 5) is 0. The monoisotopic (exact) mass is 313 g/mol. The molecule has 0 bridgehead atoms. The highest BCUT2D eigenvalue weighted by Gasteiger charge is 2.30. The van der Waals surface area contributed by atoms with E-state index in [4.69, 9.17) is 16.6 Å². The summed E-state index contributed by atoms with van der Waals surface area (Å²) in [7, 11) is 0. The minimum atomic E-state index is -4.40. The van der Waals surface area contributed by atoms with Gasteiger partial charge in [-0.15, -0.1) is 0 Å². The average molecular weight is 313 g/mol. The number of rotatable bonds is 3. The number of halogens is 3. The molecule has 0 atom stereocenters. The van der Waals surface area contributed by atoms with Crippen LogP contribution in [0.1, 0.15) is 11.3 Å². The molecule has 21 heavy (non-hydrogen) atoms. The molecule has 8 heteroatoms. The summed E-state index contributed by atoms with van der Waals surface area (Å²) >= 11 is 4.92. The van der Waals surface area contributed by atoms with E-state index in [0.29, 0.717) is 5.76 Å². The normalized spacial score (nSPS) is 11.6. The van der Waals surface area contributed by atoms with Crippen molar-refractivity contribution in [2.75, 3.05) is 5.32 Å². The Morgan fingerprint density at radius 3 is 2.71 bits per heavy atom. The lowest BCUT2D eigenvalue weighted by molar-refractivity contribution is -0.137. The van der Waals surface area contributed by atoms with Crippen LogP contribution in [0, 0.1) is 0 Å². The van der Waals surface area contributed by atoms with Gasteiger partial charge in [0.15, 0.2) is 5.11 Å². The van der Waals surface area contributed by atoms with Crippen molar-refractivity contribution >= 4 is 29.2 Å². The van der Waals surface area contributed by atoms with Crippen molar-refractivity contribution in [3.05, 3.63) is 54.0 Å². The molecule has 0 saturated carbocycles. The molecule has 0 spiro atoms. The molecule has 0 radical (unpaired) electrons. The highest BCUT2D eigenvalue weighted by Crippen LogP contribution is 2.30. The Morgan fingerprint density at radius 2 is 2.05 bits per heavy atom. The second-order valence-electron chi connectivity index (χ2n) is 3.92. The van der Waals surface area contributed by atoms with Crippen LogP contribution in [0.2, 0.25) is 0 Å². The van der Waals surface area contributed by atoms with Gasteiger partial charge in [0.2, 0.25) is 0 Å². The Kier molecular flexibility index (Phi) is 4.59. The first-order valence-electron chi connectivity index (χ1n) is 5.76. The van der Waals surface area contributed by atoms with E-state index in [2.05, 4.69) is 15.8 Å². The van der Waals surface area contributed by atoms with Gasteiger partial charge in [0.25, 0.3) is 0 Å². The average Bonchev–Trinajstić information content (AvgIpc) is 2.91. The predicted octanol–water partition coefficient (Wildman–Crippen LogP) is 3.62. The van der Waals surface area contributed by atoms with Crippen molar-refractivity contribution in [2.45, 2.75) is 6.18 Å². The molecule has 1 aromatic carbocycles. The van der Waals surface area contributed by atoms with Gasteiger partial charge in [0.05, 0.1) is 18.0 Å². The van der Waals surface area contributed by atoms with E-state index in [1.54, 1.807) is 12.1 Å². The van der Waals surface area contributed by atoms with Crippen LogP contribution >= 0.6 is 12.2 Å². The minimum absolute atomic E-state index is 0.0668. The van der Waals surface area contributed by atoms with Gasteiger partial charge >= 0.3 is 6.18 Å². The van der Waals surface area contributed by atoms with E-state index >= 15 is 0 Å². The number of benzene rings is 1. The van der Waals surface area contributed by atoms with Gasteiger partial charge in [-0.05, 0) is 42.5 Å². The minimum Gasteiger partial charge on any atom is -0.463 e. The third-order valence-corrected chi connectivity index (χ3v) is 2.54. The number of alkyl halides is 3. The van der Waals surface area contributed by atoms with E-state index in [-0.39, 0.29) is 10.8 Å². The lowest BCUT2D eigenvalue weighted by atomic mass is 10.2. The molecule has 1 aromatic heterocycles. The Morgan fingerprint density at radius 1 is 1.24 bits per heavy atom. The maximum absolute atomic E-state index is 12.6. The third kappa shape index (κ3) is 4.60. The van der Waals surface area contributed by atoms with Crippen LogP contribution in [0.25, 0.3) is 0 Å². The smallest absolute Gasteiger partial charge is 0.416 e. The van der Waals surface area contributed by atoms with Crippen LogP contribution < -0.4 is 10.7 Å². The summed E-state index contributed by atoms with van der Waals surface area (Å²) in [5.74, 6) is 0.518. The molecule has 0 aliphatic heterocycles. The van der Waals surface area contributed by atoms with E-state index in [0.717, 1.165) is 12.1 Å². The Bertz CT molecular complexity index is 638. The Labute approximate surface area is 123 Å². The van der Waals surface area contributed by atoms with E-state index in [9.17, 15) is 13.2 Å². The molecule has 2 aromatic rings. The van der Waals surface area contributed by atoms with Crippen molar-refractivity contribution in [2.24, 2.45) is 5.10 Å². The van der Waals surface area contributed by atoms with Crippen molar-refractivity contribution in [1.29, 1.82) is 0 Å². The lowest BCUT2D eigenvalue weighted by Gasteiger charge is -2.10. The molecular weight excluding hydrogens is 303 g/mol. The fraction of sp³-hybridized carbons (Fsp3) is 0.0769. The van der Waals surface area contributed by atoms with Gasteiger partial charge in [0, 0.05) is 5.69 Å². The van der Waals surface area contributed by atoms with E-state index in [1.807, 2.05) is 0 Å². The second kappa shape index (κ2) is 6.40. The van der Waals surface area contributed by atoms with Crippen LogP contribution in [-0.2, 0) is 6.18 Å². The fourth-order valence-electron chi connectivity index (χ4n) is 1.45. The van der Waals surface area contributed by atoms with Crippen molar-refractivity contribution in [1.82, 2.24) is 5.43 Å². The molecule has 0 aliphatic rings. The van der Waals surface area contributed by atoms with Gasteiger partial charge in [-0.1, -0.05) is 6.07 Å². The van der Waals surface area contributed by atoms with Crippen molar-refractivity contribution in [3.8, 4) is 0 Å². The molecule has 1 heterocycles. The summed E-state index contributed by atoms with van der Waals surface area (Å²) in [6.07, 6.45) is -1.52. The molecule has 110 valence electrons. The standard InChI is InChI=1S/C13H10F3N3OS/c14-13(15,16)9-3-1-4-10(7-9)18-12(21)19-17-8-11-5-2-6-20-11/h1-8H,(H2,18,19,21)/b17-8-. The van der Waals surface area contributed by atoms with Gasteiger partial charge in [-0.3, -0.25) is 5.43 Å². The number of thiocarbonyl (C=S) groups is 1. The molecular formula is C13H10F3N3OS. The SMILES string of the molecule is FC(F)(F)c1cccc(NC(=S)N/N=C\c2ccco2)c1. The summed E-state index contributed by atoms with van der Waals surface area (Å²) in [6.45, 7) is 0. The first-order chi connectivity index (χ1) is 9.95. The van der Waals surface area contributed by atoms with Crippen LogP contribution in [0.15, 0.2) is 52.2 Å². The summed E-state index contributed by atoms with van der Waals surface area (Å²) < 4.78 is 42.7. The molecule has 4 nitrogen and oxygen atoms in total. The number of furan rings is 1. The molecule has 2 rings (SSSR count). The van der Waals surface area contributed by atoms with Crippen LogP contribution in [0.3, 0.4) is 0 Å². The Hall–Kier alpha value is -2.35. The zero-order valence-corrected chi connectivity index (χ0v) is 11.3. The summed E-state index contributed by atoms with van der Waals surface area (Å²) in [5, 5.41) is 6.46. The number of nitrogens with zero attached hydrogens (tertiary/aromatic N) is 1. The van der Waals surface area contributed by atoms with Crippen LogP contribution in [-0.4, -0.2) is 11.3 Å². The first-order valence-corrected chi connectivity index (χ1v) is 6.17. The van der Waals surface area contributed by atoms with E-state index < -0.39 is 11.7 Å². The Balaban J connectivity index is 1.94.